The van der Waals surface area contributed by atoms with Gasteiger partial charge in [-0.1, -0.05) is 0 Å². The Morgan fingerprint density at radius 3 is 2.73 bits per heavy atom. The zero-order valence-corrected chi connectivity index (χ0v) is 14.1. The lowest BCUT2D eigenvalue weighted by molar-refractivity contribution is -0.437. The van der Waals surface area contributed by atoms with Crippen molar-refractivity contribution in [1.29, 1.82) is 0 Å². The molecule has 3 aromatic rings. The summed E-state index contributed by atoms with van der Waals surface area (Å²) < 4.78 is 15.7. The lowest BCUT2D eigenvalue weighted by atomic mass is 10.1. The first-order valence-corrected chi connectivity index (χ1v) is 8.10. The Morgan fingerprint density at radius 1 is 1.12 bits per heavy atom. The summed E-state index contributed by atoms with van der Waals surface area (Å²) in [6, 6.07) is 14.8. The van der Waals surface area contributed by atoms with Crippen molar-refractivity contribution in [3.05, 3.63) is 65.9 Å². The molecule has 1 aliphatic heterocycles. The van der Waals surface area contributed by atoms with Gasteiger partial charge in [-0.25, -0.2) is 0 Å². The molecule has 2 aromatic carbocycles. The van der Waals surface area contributed by atoms with E-state index in [1.165, 1.54) is 6.08 Å². The van der Waals surface area contributed by atoms with Gasteiger partial charge in [0.1, 0.15) is 11.4 Å². The monoisotopic (exact) mass is 349 g/mol. The molecule has 0 amide bonds. The molecule has 0 aliphatic carbocycles. The number of fused-ring (bicyclic) bond motifs is 1. The maximum atomic E-state index is 12.3. The number of aromatic nitrogens is 2. The van der Waals surface area contributed by atoms with E-state index in [4.69, 9.17) is 14.2 Å². The third kappa shape index (κ3) is 3.17. The lowest BCUT2D eigenvalue weighted by Crippen LogP contribution is -2.04. The summed E-state index contributed by atoms with van der Waals surface area (Å²) in [5.41, 5.74) is 3.29. The Balaban J connectivity index is 1.48. The molecule has 130 valence electrons. The minimum absolute atomic E-state index is 0.108. The first-order valence-electron chi connectivity index (χ1n) is 8.10. The fraction of sp³-hybridized carbons (Fsp3) is 0.100. The van der Waals surface area contributed by atoms with Crippen molar-refractivity contribution in [3.8, 4) is 28.5 Å². The second-order valence-corrected chi connectivity index (χ2v) is 5.76. The van der Waals surface area contributed by atoms with Gasteiger partial charge in [0, 0.05) is 17.2 Å². The van der Waals surface area contributed by atoms with Crippen molar-refractivity contribution in [2.45, 2.75) is 0 Å². The van der Waals surface area contributed by atoms with E-state index in [0.29, 0.717) is 17.1 Å². The molecule has 0 saturated heterocycles. The van der Waals surface area contributed by atoms with Gasteiger partial charge in [-0.3, -0.25) is 4.79 Å². The first kappa shape index (κ1) is 16.0. The fourth-order valence-electron chi connectivity index (χ4n) is 2.69. The molecule has 1 aliphatic rings. The third-order valence-corrected chi connectivity index (χ3v) is 4.11. The molecule has 0 spiro atoms. The van der Waals surface area contributed by atoms with Gasteiger partial charge in [0.25, 0.3) is 0 Å². The highest BCUT2D eigenvalue weighted by Crippen LogP contribution is 2.32. The molecule has 1 aromatic heterocycles. The van der Waals surface area contributed by atoms with Crippen molar-refractivity contribution in [2.24, 2.45) is 0 Å². The molecule has 0 unspecified atom stereocenters. The molecule has 4 rings (SSSR count). The van der Waals surface area contributed by atoms with Crippen LogP contribution >= 0.6 is 0 Å². The molecular weight excluding hydrogens is 332 g/mol. The van der Waals surface area contributed by atoms with E-state index in [0.717, 1.165) is 22.7 Å². The van der Waals surface area contributed by atoms with Gasteiger partial charge in [-0.15, -0.1) is 5.10 Å². The highest BCUT2D eigenvalue weighted by molar-refractivity contribution is 6.07. The van der Waals surface area contributed by atoms with E-state index >= 15 is 0 Å². The second-order valence-electron chi connectivity index (χ2n) is 5.76. The van der Waals surface area contributed by atoms with E-state index in [2.05, 4.69) is 10.2 Å². The summed E-state index contributed by atoms with van der Waals surface area (Å²) in [5, 5.41) is 6.13. The number of hydrogen-bond acceptors (Lipinski definition) is 4. The molecule has 2 heterocycles. The Labute approximate surface area is 150 Å². The average Bonchev–Trinajstić information content (AvgIpc) is 3.35. The van der Waals surface area contributed by atoms with Gasteiger partial charge in [0.15, 0.2) is 17.3 Å². The SMILES string of the molecule is COc1ccc(-c2cc(/C=C/C(=O)c3ccc4c(c3)OCO4)[nH][nH+]2)cc1. The van der Waals surface area contributed by atoms with Gasteiger partial charge in [0.05, 0.1) is 7.11 Å². The van der Waals surface area contributed by atoms with E-state index in [-0.39, 0.29) is 12.6 Å². The minimum atomic E-state index is -0.108. The van der Waals surface area contributed by atoms with Crippen molar-refractivity contribution in [3.63, 3.8) is 0 Å². The number of methoxy groups -OCH3 is 1. The number of allylic oxidation sites excluding steroid dienone is 1. The van der Waals surface area contributed by atoms with Crippen LogP contribution < -0.4 is 19.3 Å². The van der Waals surface area contributed by atoms with Gasteiger partial charge >= 0.3 is 0 Å². The largest absolute Gasteiger partial charge is 0.497 e. The zero-order valence-electron chi connectivity index (χ0n) is 14.1. The normalized spacial score (nSPS) is 12.5. The van der Waals surface area contributed by atoms with Crippen LogP contribution in [0.4, 0.5) is 0 Å². The summed E-state index contributed by atoms with van der Waals surface area (Å²) in [6.07, 6.45) is 3.26. The van der Waals surface area contributed by atoms with Crippen LogP contribution in [-0.4, -0.2) is 24.8 Å². The number of carbonyl (C=O) groups is 1. The van der Waals surface area contributed by atoms with Crippen LogP contribution in [-0.2, 0) is 0 Å². The topological polar surface area (TPSA) is 74.7 Å². The van der Waals surface area contributed by atoms with Crippen LogP contribution in [0.15, 0.2) is 54.6 Å². The summed E-state index contributed by atoms with van der Waals surface area (Å²) in [5.74, 6) is 1.95. The average molecular weight is 349 g/mol. The van der Waals surface area contributed by atoms with Crippen molar-refractivity contribution >= 4 is 11.9 Å². The van der Waals surface area contributed by atoms with Crippen LogP contribution in [0.5, 0.6) is 17.2 Å². The van der Waals surface area contributed by atoms with E-state index in [1.807, 2.05) is 30.3 Å². The van der Waals surface area contributed by atoms with E-state index in [1.54, 1.807) is 31.4 Å². The molecule has 0 radical (unpaired) electrons. The van der Waals surface area contributed by atoms with E-state index in [9.17, 15) is 4.79 Å². The quantitative estimate of drug-likeness (QED) is 0.567. The molecule has 0 bridgehead atoms. The number of carbonyl (C=O) groups excluding carboxylic acids is 1. The molecule has 0 saturated carbocycles. The summed E-state index contributed by atoms with van der Waals surface area (Å²) in [7, 11) is 1.64. The highest BCUT2D eigenvalue weighted by atomic mass is 16.7. The molecule has 2 N–H and O–H groups in total. The Hall–Kier alpha value is -3.54. The molecule has 26 heavy (non-hydrogen) atoms. The maximum absolute atomic E-state index is 12.3. The molecule has 0 atom stereocenters. The summed E-state index contributed by atoms with van der Waals surface area (Å²) in [6.45, 7) is 0.190. The fourth-order valence-corrected chi connectivity index (χ4v) is 2.69. The maximum Gasteiger partial charge on any atom is 0.236 e. The summed E-state index contributed by atoms with van der Waals surface area (Å²) in [4.78, 5) is 12.3. The van der Waals surface area contributed by atoms with Crippen molar-refractivity contribution < 1.29 is 24.1 Å². The lowest BCUT2D eigenvalue weighted by Gasteiger charge is -1.98. The van der Waals surface area contributed by atoms with Gasteiger partial charge in [0.2, 0.25) is 12.5 Å². The van der Waals surface area contributed by atoms with Crippen LogP contribution in [0.1, 0.15) is 16.1 Å². The smallest absolute Gasteiger partial charge is 0.236 e. The van der Waals surface area contributed by atoms with Crippen molar-refractivity contribution in [1.82, 2.24) is 5.10 Å². The molecule has 0 fully saturated rings. The zero-order chi connectivity index (χ0) is 17.9. The van der Waals surface area contributed by atoms with Gasteiger partial charge < -0.3 is 14.2 Å². The number of hydrogen-bond donors (Lipinski definition) is 1. The standard InChI is InChI=1S/C20H16N2O4/c1-24-16-6-2-13(3-7-16)17-11-15(21-22-17)5-8-18(23)14-4-9-19-20(10-14)26-12-25-19/h2-11H,12H2,1H3,(H,21,22)/p+1/b8-5+. The second kappa shape index (κ2) is 6.76. The summed E-state index contributed by atoms with van der Waals surface area (Å²) >= 11 is 0. The first-order chi connectivity index (χ1) is 12.7. The highest BCUT2D eigenvalue weighted by Gasteiger charge is 2.15. The van der Waals surface area contributed by atoms with Gasteiger partial charge in [-0.2, -0.15) is 5.10 Å². The number of nitrogens with one attached hydrogen (secondary N) is 2. The predicted molar refractivity (Wildman–Crippen MR) is 95.3 cm³/mol. The molecule has 6 heteroatoms. The predicted octanol–water partition coefficient (Wildman–Crippen LogP) is 3.13. The van der Waals surface area contributed by atoms with Crippen LogP contribution in [0.3, 0.4) is 0 Å². The number of aromatic amines is 2. The number of H-pyrrole nitrogens is 2. The van der Waals surface area contributed by atoms with Crippen LogP contribution in [0, 0.1) is 0 Å². The van der Waals surface area contributed by atoms with Crippen LogP contribution in [0.2, 0.25) is 0 Å². The number of ether oxygens (including phenoxy) is 3. The van der Waals surface area contributed by atoms with E-state index < -0.39 is 0 Å². The number of rotatable bonds is 5. The van der Waals surface area contributed by atoms with Crippen LogP contribution in [0.25, 0.3) is 17.3 Å². The number of ketones is 1. The molecular formula is C20H17N2O4+. The Morgan fingerprint density at radius 2 is 1.92 bits per heavy atom. The van der Waals surface area contributed by atoms with Gasteiger partial charge in [-0.05, 0) is 54.6 Å². The minimum Gasteiger partial charge on any atom is -0.497 e. The third-order valence-electron chi connectivity index (χ3n) is 4.11. The Kier molecular flexibility index (Phi) is 4.15. The van der Waals surface area contributed by atoms with Crippen molar-refractivity contribution in [2.75, 3.05) is 13.9 Å². The Bertz CT molecular complexity index is 974. The molecule has 6 nitrogen and oxygen atoms in total. The number of benzene rings is 2.